The van der Waals surface area contributed by atoms with Gasteiger partial charge in [0.1, 0.15) is 0 Å². The fourth-order valence-corrected chi connectivity index (χ4v) is 1.26. The van der Waals surface area contributed by atoms with Crippen LogP contribution < -0.4 is 5.32 Å². The first-order valence-corrected chi connectivity index (χ1v) is 4.81. The molecule has 1 aromatic rings. The van der Waals surface area contributed by atoms with E-state index in [2.05, 4.69) is 22.1 Å². The van der Waals surface area contributed by atoms with Gasteiger partial charge < -0.3 is 5.32 Å². The monoisotopic (exact) mass is 188 g/mol. The molecule has 0 aliphatic heterocycles. The highest BCUT2D eigenvalue weighted by Gasteiger charge is 1.92. The Labute approximate surface area is 85.8 Å². The van der Waals surface area contributed by atoms with Crippen molar-refractivity contribution in [3.8, 4) is 11.8 Å². The van der Waals surface area contributed by atoms with Crippen LogP contribution in [0.25, 0.3) is 0 Å². The van der Waals surface area contributed by atoms with Crippen LogP contribution in [-0.2, 0) is 0 Å². The largest absolute Gasteiger partial charge is 0.319 e. The summed E-state index contributed by atoms with van der Waals surface area (Å²) in [6.07, 6.45) is 0.886. The van der Waals surface area contributed by atoms with Gasteiger partial charge in [-0.1, -0.05) is 11.8 Å². The molecule has 74 valence electrons. The third-order valence-electron chi connectivity index (χ3n) is 1.81. The third kappa shape index (κ3) is 3.59. The first-order chi connectivity index (χ1) is 6.72. The van der Waals surface area contributed by atoms with Crippen LogP contribution in [0.15, 0.2) is 12.1 Å². The Morgan fingerprint density at radius 3 is 2.50 bits per heavy atom. The maximum absolute atomic E-state index is 4.30. The Balaban J connectivity index is 2.69. The van der Waals surface area contributed by atoms with Gasteiger partial charge in [-0.05, 0) is 33.0 Å². The summed E-state index contributed by atoms with van der Waals surface area (Å²) in [7, 11) is 1.93. The average molecular weight is 188 g/mol. The molecule has 1 aromatic heterocycles. The maximum Gasteiger partial charge on any atom is 0.0388 e. The lowest BCUT2D eigenvalue weighted by atomic mass is 10.2. The molecule has 0 amide bonds. The van der Waals surface area contributed by atoms with Crippen LogP contribution in [0.2, 0.25) is 0 Å². The van der Waals surface area contributed by atoms with Gasteiger partial charge in [0.25, 0.3) is 0 Å². The second-order valence-electron chi connectivity index (χ2n) is 3.29. The van der Waals surface area contributed by atoms with E-state index >= 15 is 0 Å². The van der Waals surface area contributed by atoms with Gasteiger partial charge in [-0.2, -0.15) is 0 Å². The molecule has 2 heteroatoms. The van der Waals surface area contributed by atoms with Crippen LogP contribution in [0, 0.1) is 25.7 Å². The van der Waals surface area contributed by atoms with E-state index in [1.54, 1.807) is 0 Å². The highest BCUT2D eigenvalue weighted by atomic mass is 14.8. The molecule has 0 fully saturated rings. The second kappa shape index (κ2) is 5.41. The molecule has 1 heterocycles. The van der Waals surface area contributed by atoms with Crippen LogP contribution in [0.1, 0.15) is 23.4 Å². The van der Waals surface area contributed by atoms with E-state index in [1.165, 1.54) is 0 Å². The van der Waals surface area contributed by atoms with Crippen molar-refractivity contribution in [3.63, 3.8) is 0 Å². The molecule has 0 aromatic carbocycles. The van der Waals surface area contributed by atoms with Gasteiger partial charge in [0.05, 0.1) is 0 Å². The van der Waals surface area contributed by atoms with Crippen LogP contribution in [0.5, 0.6) is 0 Å². The first-order valence-electron chi connectivity index (χ1n) is 4.81. The minimum atomic E-state index is 0.886. The molecule has 0 bridgehead atoms. The second-order valence-corrected chi connectivity index (χ2v) is 3.29. The van der Waals surface area contributed by atoms with Crippen molar-refractivity contribution in [2.45, 2.75) is 20.3 Å². The number of aryl methyl sites for hydroxylation is 2. The molecule has 0 aliphatic carbocycles. The number of nitrogens with zero attached hydrogens (tertiary/aromatic N) is 1. The molecule has 0 unspecified atom stereocenters. The molecular weight excluding hydrogens is 172 g/mol. The average Bonchev–Trinajstić information content (AvgIpc) is 2.11. The molecule has 1 rings (SSSR count). The van der Waals surface area contributed by atoms with Crippen molar-refractivity contribution in [2.24, 2.45) is 0 Å². The zero-order valence-corrected chi connectivity index (χ0v) is 9.02. The predicted octanol–water partition coefficient (Wildman–Crippen LogP) is 1.66. The minimum Gasteiger partial charge on any atom is -0.319 e. The zero-order chi connectivity index (χ0) is 10.4. The summed E-state index contributed by atoms with van der Waals surface area (Å²) >= 11 is 0. The lowest BCUT2D eigenvalue weighted by molar-refractivity contribution is 0.818. The van der Waals surface area contributed by atoms with Crippen molar-refractivity contribution in [1.29, 1.82) is 0 Å². The van der Waals surface area contributed by atoms with E-state index in [9.17, 15) is 0 Å². The molecular formula is C12H16N2. The molecule has 1 N–H and O–H groups in total. The van der Waals surface area contributed by atoms with Gasteiger partial charge in [0.15, 0.2) is 0 Å². The Hall–Kier alpha value is -1.33. The molecule has 2 nitrogen and oxygen atoms in total. The molecule has 0 atom stereocenters. The quantitative estimate of drug-likeness (QED) is 0.564. The standard InChI is InChI=1S/C12H16N2/c1-10-8-12(9-11(2)14-10)6-4-5-7-13-3/h8-9,13H,5,7H2,1-3H3. The van der Waals surface area contributed by atoms with Gasteiger partial charge in [-0.25, -0.2) is 0 Å². The zero-order valence-electron chi connectivity index (χ0n) is 9.02. The Bertz CT molecular complexity index is 338. The summed E-state index contributed by atoms with van der Waals surface area (Å²) in [5, 5.41) is 3.06. The predicted molar refractivity (Wildman–Crippen MR) is 59.1 cm³/mol. The number of hydrogen-bond acceptors (Lipinski definition) is 2. The van der Waals surface area contributed by atoms with E-state index in [4.69, 9.17) is 0 Å². The smallest absolute Gasteiger partial charge is 0.0388 e. The minimum absolute atomic E-state index is 0.886. The van der Waals surface area contributed by atoms with Crippen LogP contribution in [0.4, 0.5) is 0 Å². The highest BCUT2D eigenvalue weighted by molar-refractivity contribution is 5.36. The van der Waals surface area contributed by atoms with E-state index in [-0.39, 0.29) is 0 Å². The number of rotatable bonds is 2. The number of pyridine rings is 1. The highest BCUT2D eigenvalue weighted by Crippen LogP contribution is 2.02. The van der Waals surface area contributed by atoms with Gasteiger partial charge in [0.2, 0.25) is 0 Å². The van der Waals surface area contributed by atoms with Crippen LogP contribution in [-0.4, -0.2) is 18.6 Å². The molecule has 0 spiro atoms. The van der Waals surface area contributed by atoms with E-state index in [0.717, 1.165) is 29.9 Å². The Morgan fingerprint density at radius 1 is 1.29 bits per heavy atom. The number of nitrogens with one attached hydrogen (secondary N) is 1. The lowest BCUT2D eigenvalue weighted by Crippen LogP contribution is -2.05. The van der Waals surface area contributed by atoms with E-state index < -0.39 is 0 Å². The van der Waals surface area contributed by atoms with Crippen molar-refractivity contribution >= 4 is 0 Å². The third-order valence-corrected chi connectivity index (χ3v) is 1.81. The van der Waals surface area contributed by atoms with Crippen molar-refractivity contribution in [1.82, 2.24) is 10.3 Å². The molecule has 0 radical (unpaired) electrons. The summed E-state index contributed by atoms with van der Waals surface area (Å²) in [6.45, 7) is 4.92. The topological polar surface area (TPSA) is 24.9 Å². The molecule has 0 saturated heterocycles. The van der Waals surface area contributed by atoms with Crippen LogP contribution in [0.3, 0.4) is 0 Å². The summed E-state index contributed by atoms with van der Waals surface area (Å²) < 4.78 is 0. The van der Waals surface area contributed by atoms with Crippen molar-refractivity contribution < 1.29 is 0 Å². The Kier molecular flexibility index (Phi) is 4.15. The summed E-state index contributed by atoms with van der Waals surface area (Å²) in [5.41, 5.74) is 3.12. The number of aromatic nitrogens is 1. The van der Waals surface area contributed by atoms with Crippen molar-refractivity contribution in [2.75, 3.05) is 13.6 Å². The first kappa shape index (κ1) is 10.7. The van der Waals surface area contributed by atoms with E-state index in [0.29, 0.717) is 0 Å². The normalized spacial score (nSPS) is 9.36. The Morgan fingerprint density at radius 2 is 1.93 bits per heavy atom. The van der Waals surface area contributed by atoms with Crippen molar-refractivity contribution in [3.05, 3.63) is 29.1 Å². The molecule has 0 aliphatic rings. The molecule has 14 heavy (non-hydrogen) atoms. The maximum atomic E-state index is 4.30. The summed E-state index contributed by atoms with van der Waals surface area (Å²) in [6, 6.07) is 4.03. The van der Waals surface area contributed by atoms with Gasteiger partial charge in [0, 0.05) is 29.9 Å². The fourth-order valence-electron chi connectivity index (χ4n) is 1.26. The van der Waals surface area contributed by atoms with Gasteiger partial charge in [-0.15, -0.1) is 0 Å². The number of hydrogen-bond donors (Lipinski definition) is 1. The SMILES string of the molecule is CNCCC#Cc1cc(C)nc(C)c1. The van der Waals surface area contributed by atoms with E-state index in [1.807, 2.05) is 33.0 Å². The van der Waals surface area contributed by atoms with Crippen LogP contribution >= 0.6 is 0 Å². The lowest BCUT2D eigenvalue weighted by Gasteiger charge is -1.96. The summed E-state index contributed by atoms with van der Waals surface area (Å²) in [4.78, 5) is 4.30. The summed E-state index contributed by atoms with van der Waals surface area (Å²) in [5.74, 6) is 6.25. The fraction of sp³-hybridized carbons (Fsp3) is 0.417. The molecule has 0 saturated carbocycles. The van der Waals surface area contributed by atoms with Gasteiger partial charge in [-0.3, -0.25) is 4.98 Å². The van der Waals surface area contributed by atoms with Gasteiger partial charge >= 0.3 is 0 Å².